The molecule has 19 heavy (non-hydrogen) atoms. The van der Waals surface area contributed by atoms with Gasteiger partial charge in [0.1, 0.15) is 6.10 Å². The van der Waals surface area contributed by atoms with Crippen molar-refractivity contribution in [1.29, 1.82) is 0 Å². The maximum atomic E-state index is 11.4. The van der Waals surface area contributed by atoms with Gasteiger partial charge in [-0.2, -0.15) is 0 Å². The third kappa shape index (κ3) is 9.59. The van der Waals surface area contributed by atoms with E-state index < -0.39 is 0 Å². The Bertz CT molecular complexity index is 298. The summed E-state index contributed by atoms with van der Waals surface area (Å²) in [5.41, 5.74) is 0. The number of esters is 1. The van der Waals surface area contributed by atoms with Gasteiger partial charge in [0.25, 0.3) is 0 Å². The quantitative estimate of drug-likeness (QED) is 0.362. The topological polar surface area (TPSA) is 26.3 Å². The second kappa shape index (κ2) is 10.9. The molecule has 108 valence electrons. The number of carbonyl (C=O) groups excluding carboxylic acids is 1. The predicted molar refractivity (Wildman–Crippen MR) is 78.7 cm³/mol. The zero-order chi connectivity index (χ0) is 13.8. The minimum Gasteiger partial charge on any atom is -0.453 e. The van der Waals surface area contributed by atoms with Crippen LogP contribution in [0.2, 0.25) is 0 Å². The summed E-state index contributed by atoms with van der Waals surface area (Å²) in [6, 6.07) is 0. The molecule has 1 atom stereocenters. The van der Waals surface area contributed by atoms with Crippen molar-refractivity contribution >= 4 is 5.97 Å². The molecular formula is C17H28O2. The van der Waals surface area contributed by atoms with Crippen molar-refractivity contribution in [2.24, 2.45) is 0 Å². The lowest BCUT2D eigenvalue weighted by Gasteiger charge is -2.10. The molecule has 1 unspecified atom stereocenters. The normalized spacial score (nSPS) is 24.7. The third-order valence-electron chi connectivity index (χ3n) is 3.66. The van der Waals surface area contributed by atoms with Crippen molar-refractivity contribution in [2.45, 2.75) is 90.1 Å². The average molecular weight is 264 g/mol. The monoisotopic (exact) mass is 264 g/mol. The molecule has 2 nitrogen and oxygen atoms in total. The molecule has 0 aromatic heterocycles. The van der Waals surface area contributed by atoms with Gasteiger partial charge in [0, 0.05) is 12.3 Å². The van der Waals surface area contributed by atoms with E-state index in [1.165, 1.54) is 51.4 Å². The van der Waals surface area contributed by atoms with E-state index in [4.69, 9.17) is 4.74 Å². The number of ether oxygens (including phenoxy) is 1. The van der Waals surface area contributed by atoms with Gasteiger partial charge in [0.2, 0.25) is 0 Å². The lowest BCUT2D eigenvalue weighted by atomic mass is 10.0. The van der Waals surface area contributed by atoms with Crippen LogP contribution in [0.4, 0.5) is 0 Å². The maximum Gasteiger partial charge on any atom is 0.384 e. The molecule has 0 radical (unpaired) electrons. The molecule has 0 saturated heterocycles. The van der Waals surface area contributed by atoms with Gasteiger partial charge in [-0.25, -0.2) is 4.79 Å². The molecule has 0 N–H and O–H groups in total. The zero-order valence-corrected chi connectivity index (χ0v) is 12.4. The van der Waals surface area contributed by atoms with Crippen molar-refractivity contribution in [3.63, 3.8) is 0 Å². The zero-order valence-electron chi connectivity index (χ0n) is 12.4. The number of carbonyl (C=O) groups is 1. The molecule has 1 rings (SSSR count). The van der Waals surface area contributed by atoms with Gasteiger partial charge in [0.05, 0.1) is 0 Å². The van der Waals surface area contributed by atoms with Crippen molar-refractivity contribution in [1.82, 2.24) is 0 Å². The first-order chi connectivity index (χ1) is 9.29. The first kappa shape index (κ1) is 16.1. The van der Waals surface area contributed by atoms with Crippen LogP contribution >= 0.6 is 0 Å². The van der Waals surface area contributed by atoms with Gasteiger partial charge in [-0.05, 0) is 26.2 Å². The van der Waals surface area contributed by atoms with Crippen LogP contribution in [0.3, 0.4) is 0 Å². The van der Waals surface area contributed by atoms with E-state index in [1.54, 1.807) is 0 Å². The Labute approximate surface area is 118 Å². The molecule has 0 amide bonds. The van der Waals surface area contributed by atoms with E-state index >= 15 is 0 Å². The highest BCUT2D eigenvalue weighted by atomic mass is 16.5. The Morgan fingerprint density at radius 1 is 0.895 bits per heavy atom. The van der Waals surface area contributed by atoms with Crippen molar-refractivity contribution in [3.8, 4) is 11.8 Å². The molecule has 0 spiro atoms. The largest absolute Gasteiger partial charge is 0.453 e. The molecule has 0 aromatic rings. The van der Waals surface area contributed by atoms with Crippen LogP contribution in [0.25, 0.3) is 0 Å². The van der Waals surface area contributed by atoms with Crippen LogP contribution < -0.4 is 0 Å². The molecule has 2 heteroatoms. The van der Waals surface area contributed by atoms with Gasteiger partial charge >= 0.3 is 5.97 Å². The second-order valence-corrected chi connectivity index (χ2v) is 5.59. The minimum atomic E-state index is -0.350. The van der Waals surface area contributed by atoms with E-state index in [9.17, 15) is 4.79 Å². The highest BCUT2D eigenvalue weighted by molar-refractivity contribution is 5.88. The fraction of sp³-hybridized carbons (Fsp3) is 0.824. The Kier molecular flexibility index (Phi) is 9.23. The fourth-order valence-electron chi connectivity index (χ4n) is 2.47. The van der Waals surface area contributed by atoms with Gasteiger partial charge in [0.15, 0.2) is 0 Å². The van der Waals surface area contributed by atoms with Crippen LogP contribution in [-0.4, -0.2) is 12.1 Å². The third-order valence-corrected chi connectivity index (χ3v) is 3.66. The van der Waals surface area contributed by atoms with Gasteiger partial charge in [-0.1, -0.05) is 57.3 Å². The standard InChI is InChI=1S/C17H28O2/c1-16-14-12-10-8-6-4-2-3-5-7-9-11-13-15-17(18)19-16/h16H,2-12,14H2,1H3. The Morgan fingerprint density at radius 3 is 2.05 bits per heavy atom. The van der Waals surface area contributed by atoms with E-state index in [0.717, 1.165) is 25.7 Å². The number of rotatable bonds is 0. The Balaban J connectivity index is 2.31. The van der Waals surface area contributed by atoms with Crippen LogP contribution in [0.15, 0.2) is 0 Å². The molecule has 1 aliphatic heterocycles. The smallest absolute Gasteiger partial charge is 0.384 e. The van der Waals surface area contributed by atoms with E-state index in [0.29, 0.717) is 0 Å². The van der Waals surface area contributed by atoms with Gasteiger partial charge in [-0.15, -0.1) is 0 Å². The summed E-state index contributed by atoms with van der Waals surface area (Å²) in [4.78, 5) is 11.4. The predicted octanol–water partition coefficient (Wildman–Crippen LogP) is 4.62. The highest BCUT2D eigenvalue weighted by Gasteiger charge is 2.06. The average Bonchev–Trinajstić information content (AvgIpc) is 2.38. The SMILES string of the molecule is CC1CCCCCCCCCCCCC#CC(=O)O1. The summed E-state index contributed by atoms with van der Waals surface area (Å²) >= 11 is 0. The summed E-state index contributed by atoms with van der Waals surface area (Å²) in [6.07, 6.45) is 14.7. The lowest BCUT2D eigenvalue weighted by Crippen LogP contribution is -2.13. The highest BCUT2D eigenvalue weighted by Crippen LogP contribution is 2.13. The molecule has 0 saturated carbocycles. The molecule has 0 aliphatic carbocycles. The summed E-state index contributed by atoms with van der Waals surface area (Å²) in [5.74, 6) is 5.17. The molecule has 0 aromatic carbocycles. The fourth-order valence-corrected chi connectivity index (χ4v) is 2.47. The summed E-state index contributed by atoms with van der Waals surface area (Å²) in [5, 5.41) is 0. The van der Waals surface area contributed by atoms with Gasteiger partial charge in [-0.3, -0.25) is 0 Å². The van der Waals surface area contributed by atoms with Gasteiger partial charge < -0.3 is 4.74 Å². The van der Waals surface area contributed by atoms with Crippen LogP contribution in [0.5, 0.6) is 0 Å². The number of cyclic esters (lactones) is 1. The van der Waals surface area contributed by atoms with E-state index in [1.807, 2.05) is 6.92 Å². The Hall–Kier alpha value is -0.970. The van der Waals surface area contributed by atoms with Crippen molar-refractivity contribution in [2.75, 3.05) is 0 Å². The van der Waals surface area contributed by atoms with Crippen molar-refractivity contribution < 1.29 is 9.53 Å². The maximum absolute atomic E-state index is 11.4. The molecule has 0 bridgehead atoms. The first-order valence-electron chi connectivity index (χ1n) is 7.98. The van der Waals surface area contributed by atoms with E-state index in [-0.39, 0.29) is 12.1 Å². The van der Waals surface area contributed by atoms with Crippen LogP contribution in [0, 0.1) is 11.8 Å². The van der Waals surface area contributed by atoms with Crippen LogP contribution in [0.1, 0.15) is 84.0 Å². The van der Waals surface area contributed by atoms with Crippen molar-refractivity contribution in [3.05, 3.63) is 0 Å². The second-order valence-electron chi connectivity index (χ2n) is 5.59. The summed E-state index contributed by atoms with van der Waals surface area (Å²) < 4.78 is 5.26. The molecule has 0 fully saturated rings. The van der Waals surface area contributed by atoms with E-state index in [2.05, 4.69) is 11.8 Å². The minimum absolute atomic E-state index is 0.0116. The number of hydrogen-bond acceptors (Lipinski definition) is 2. The Morgan fingerprint density at radius 2 is 1.42 bits per heavy atom. The van der Waals surface area contributed by atoms with Crippen LogP contribution in [-0.2, 0) is 9.53 Å². The summed E-state index contributed by atoms with van der Waals surface area (Å²) in [7, 11) is 0. The summed E-state index contributed by atoms with van der Waals surface area (Å²) in [6.45, 7) is 1.97. The number of hydrogen-bond donors (Lipinski definition) is 0. The molecule has 1 aliphatic rings. The molecular weight excluding hydrogens is 236 g/mol. The molecule has 1 heterocycles. The first-order valence-corrected chi connectivity index (χ1v) is 7.98. The lowest BCUT2D eigenvalue weighted by molar-refractivity contribution is -0.141.